The molecule has 0 fully saturated rings. The van der Waals surface area contributed by atoms with Crippen LogP contribution in [-0.4, -0.2) is 4.98 Å². The Bertz CT molecular complexity index is 593. The summed E-state index contributed by atoms with van der Waals surface area (Å²) in [4.78, 5) is 3.84. The summed E-state index contributed by atoms with van der Waals surface area (Å²) in [6, 6.07) is 8.16. The van der Waals surface area contributed by atoms with Crippen molar-refractivity contribution in [3.63, 3.8) is 0 Å². The van der Waals surface area contributed by atoms with Gasteiger partial charge in [-0.25, -0.2) is 9.37 Å². The lowest BCUT2D eigenvalue weighted by atomic mass is 9.87. The van der Waals surface area contributed by atoms with Crippen molar-refractivity contribution in [1.82, 2.24) is 4.98 Å². The van der Waals surface area contributed by atoms with Crippen LogP contribution >= 0.6 is 11.6 Å². The molecule has 4 heteroatoms. The molecule has 100 valence electrons. The highest BCUT2D eigenvalue weighted by Gasteiger charge is 2.16. The van der Waals surface area contributed by atoms with Gasteiger partial charge in [-0.1, -0.05) is 38.4 Å². The second-order valence-corrected chi connectivity index (χ2v) is 5.70. The van der Waals surface area contributed by atoms with E-state index in [4.69, 9.17) is 16.3 Å². The van der Waals surface area contributed by atoms with Crippen molar-refractivity contribution >= 4 is 11.6 Å². The van der Waals surface area contributed by atoms with Crippen LogP contribution in [0.2, 0.25) is 5.15 Å². The SMILES string of the molecule is CC(C)(C)c1ccc(Oc2ccnc(Cl)c2)c(F)c1. The molecule has 0 saturated carbocycles. The highest BCUT2D eigenvalue weighted by atomic mass is 35.5. The molecule has 0 radical (unpaired) electrons. The Kier molecular flexibility index (Phi) is 3.76. The first kappa shape index (κ1) is 13.8. The van der Waals surface area contributed by atoms with E-state index in [0.717, 1.165) is 5.56 Å². The zero-order valence-corrected chi connectivity index (χ0v) is 11.8. The van der Waals surface area contributed by atoms with E-state index in [0.29, 0.717) is 10.9 Å². The largest absolute Gasteiger partial charge is 0.454 e. The number of nitrogens with zero attached hydrogens (tertiary/aromatic N) is 1. The Balaban J connectivity index is 2.27. The Hall–Kier alpha value is -1.61. The summed E-state index contributed by atoms with van der Waals surface area (Å²) in [5, 5.41) is 0.309. The van der Waals surface area contributed by atoms with E-state index in [9.17, 15) is 4.39 Å². The third-order valence-corrected chi connectivity index (χ3v) is 2.93. The van der Waals surface area contributed by atoms with Crippen molar-refractivity contribution < 1.29 is 9.13 Å². The average molecular weight is 280 g/mol. The molecule has 19 heavy (non-hydrogen) atoms. The smallest absolute Gasteiger partial charge is 0.166 e. The monoisotopic (exact) mass is 279 g/mol. The summed E-state index contributed by atoms with van der Waals surface area (Å²) in [6.07, 6.45) is 1.51. The minimum atomic E-state index is -0.389. The van der Waals surface area contributed by atoms with E-state index >= 15 is 0 Å². The summed E-state index contributed by atoms with van der Waals surface area (Å²) < 4.78 is 19.5. The molecule has 1 aromatic carbocycles. The molecule has 0 bridgehead atoms. The van der Waals surface area contributed by atoms with Crippen LogP contribution in [0.15, 0.2) is 36.5 Å². The van der Waals surface area contributed by atoms with Crippen LogP contribution in [0.3, 0.4) is 0 Å². The number of hydrogen-bond acceptors (Lipinski definition) is 2. The van der Waals surface area contributed by atoms with Gasteiger partial charge in [0, 0.05) is 12.3 Å². The Morgan fingerprint density at radius 3 is 2.47 bits per heavy atom. The van der Waals surface area contributed by atoms with Crippen LogP contribution in [0.25, 0.3) is 0 Å². The number of rotatable bonds is 2. The van der Waals surface area contributed by atoms with Gasteiger partial charge in [-0.05, 0) is 29.2 Å². The van der Waals surface area contributed by atoms with Crippen LogP contribution in [0, 0.1) is 5.82 Å². The van der Waals surface area contributed by atoms with Crippen molar-refractivity contribution in [3.8, 4) is 11.5 Å². The van der Waals surface area contributed by atoms with Crippen molar-refractivity contribution in [2.24, 2.45) is 0 Å². The maximum Gasteiger partial charge on any atom is 0.166 e. The quantitative estimate of drug-likeness (QED) is 0.725. The van der Waals surface area contributed by atoms with Gasteiger partial charge in [-0.2, -0.15) is 0 Å². The number of aromatic nitrogens is 1. The molecule has 2 nitrogen and oxygen atoms in total. The molecule has 1 aromatic heterocycles. The van der Waals surface area contributed by atoms with E-state index in [1.165, 1.54) is 12.3 Å². The lowest BCUT2D eigenvalue weighted by Crippen LogP contribution is -2.11. The van der Waals surface area contributed by atoms with Gasteiger partial charge in [0.1, 0.15) is 10.9 Å². The molecule has 2 aromatic rings. The van der Waals surface area contributed by atoms with E-state index in [1.54, 1.807) is 18.2 Å². The van der Waals surface area contributed by atoms with E-state index < -0.39 is 0 Å². The van der Waals surface area contributed by atoms with Gasteiger partial charge < -0.3 is 4.74 Å². The standard InChI is InChI=1S/C15H15ClFNO/c1-15(2,3)10-4-5-13(12(17)8-10)19-11-6-7-18-14(16)9-11/h4-9H,1-3H3. The first-order valence-electron chi connectivity index (χ1n) is 5.96. The van der Waals surface area contributed by atoms with Gasteiger partial charge in [0.15, 0.2) is 11.6 Å². The molecular weight excluding hydrogens is 265 g/mol. The van der Waals surface area contributed by atoms with Gasteiger partial charge in [0.2, 0.25) is 0 Å². The second kappa shape index (κ2) is 5.17. The topological polar surface area (TPSA) is 22.1 Å². The molecular formula is C15H15ClFNO. The first-order chi connectivity index (χ1) is 8.86. The first-order valence-corrected chi connectivity index (χ1v) is 6.33. The predicted octanol–water partition coefficient (Wildman–Crippen LogP) is 4.96. The van der Waals surface area contributed by atoms with Crippen molar-refractivity contribution in [1.29, 1.82) is 0 Å². The highest BCUT2D eigenvalue weighted by Crippen LogP contribution is 2.30. The number of hydrogen-bond donors (Lipinski definition) is 0. The molecule has 0 N–H and O–H groups in total. The molecule has 1 heterocycles. The molecule has 0 spiro atoms. The van der Waals surface area contributed by atoms with Crippen LogP contribution in [0.1, 0.15) is 26.3 Å². The number of ether oxygens (including phenoxy) is 1. The van der Waals surface area contributed by atoms with Gasteiger partial charge in [-0.3, -0.25) is 0 Å². The third kappa shape index (κ3) is 3.44. The molecule has 2 rings (SSSR count). The van der Waals surface area contributed by atoms with E-state index in [2.05, 4.69) is 4.98 Å². The number of pyridine rings is 1. The molecule has 0 amide bonds. The summed E-state index contributed by atoms with van der Waals surface area (Å²) in [5.74, 6) is 0.248. The second-order valence-electron chi connectivity index (χ2n) is 5.31. The van der Waals surface area contributed by atoms with Gasteiger partial charge >= 0.3 is 0 Å². The molecule has 0 aliphatic rings. The molecule has 0 aliphatic heterocycles. The summed E-state index contributed by atoms with van der Waals surface area (Å²) in [5.41, 5.74) is 0.824. The van der Waals surface area contributed by atoms with Crippen molar-refractivity contribution in [2.75, 3.05) is 0 Å². The molecule has 0 atom stereocenters. The van der Waals surface area contributed by atoms with E-state index in [1.807, 2.05) is 26.8 Å². The molecule has 0 unspecified atom stereocenters. The number of halogens is 2. The summed E-state index contributed by atoms with van der Waals surface area (Å²) >= 11 is 5.75. The van der Waals surface area contributed by atoms with Crippen molar-refractivity contribution in [3.05, 3.63) is 53.1 Å². The van der Waals surface area contributed by atoms with Crippen LogP contribution in [-0.2, 0) is 5.41 Å². The van der Waals surface area contributed by atoms with Crippen LogP contribution in [0.4, 0.5) is 4.39 Å². The Labute approximate surface area is 117 Å². The summed E-state index contributed by atoms with van der Waals surface area (Å²) in [7, 11) is 0. The minimum Gasteiger partial charge on any atom is -0.454 e. The Morgan fingerprint density at radius 1 is 1.16 bits per heavy atom. The van der Waals surface area contributed by atoms with E-state index in [-0.39, 0.29) is 17.0 Å². The number of benzene rings is 1. The lowest BCUT2D eigenvalue weighted by Gasteiger charge is -2.19. The molecule has 0 saturated heterocycles. The predicted molar refractivity (Wildman–Crippen MR) is 74.4 cm³/mol. The maximum absolute atomic E-state index is 14.0. The third-order valence-electron chi connectivity index (χ3n) is 2.72. The zero-order chi connectivity index (χ0) is 14.0. The fourth-order valence-electron chi connectivity index (χ4n) is 1.63. The molecule has 0 aliphatic carbocycles. The maximum atomic E-state index is 14.0. The van der Waals surface area contributed by atoms with Crippen LogP contribution in [0.5, 0.6) is 11.5 Å². The van der Waals surface area contributed by atoms with Crippen LogP contribution < -0.4 is 4.74 Å². The average Bonchev–Trinajstić information content (AvgIpc) is 2.30. The fourth-order valence-corrected chi connectivity index (χ4v) is 1.79. The van der Waals surface area contributed by atoms with Crippen molar-refractivity contribution in [2.45, 2.75) is 26.2 Å². The summed E-state index contributed by atoms with van der Waals surface area (Å²) in [6.45, 7) is 6.10. The van der Waals surface area contributed by atoms with Gasteiger partial charge in [0.05, 0.1) is 0 Å². The zero-order valence-electron chi connectivity index (χ0n) is 11.1. The van der Waals surface area contributed by atoms with Gasteiger partial charge in [-0.15, -0.1) is 0 Å². The Morgan fingerprint density at radius 2 is 1.89 bits per heavy atom. The fraction of sp³-hybridized carbons (Fsp3) is 0.267. The van der Waals surface area contributed by atoms with Gasteiger partial charge in [0.25, 0.3) is 0 Å². The minimum absolute atomic E-state index is 0.0979. The lowest BCUT2D eigenvalue weighted by molar-refractivity contribution is 0.439. The normalized spacial score (nSPS) is 11.4. The highest BCUT2D eigenvalue weighted by molar-refractivity contribution is 6.29.